The molecule has 136 valence electrons. The van der Waals surface area contributed by atoms with E-state index in [-0.39, 0.29) is 17.8 Å². The summed E-state index contributed by atoms with van der Waals surface area (Å²) in [7, 11) is 1.39. The first-order chi connectivity index (χ1) is 12.6. The van der Waals surface area contributed by atoms with E-state index in [1.54, 1.807) is 6.07 Å². The molecule has 1 aliphatic rings. The van der Waals surface area contributed by atoms with Crippen LogP contribution in [0, 0.1) is 5.92 Å². The molecule has 0 saturated heterocycles. The third-order valence-corrected chi connectivity index (χ3v) is 5.22. The van der Waals surface area contributed by atoms with Crippen molar-refractivity contribution in [3.63, 3.8) is 0 Å². The molecule has 0 aromatic heterocycles. The molecule has 0 radical (unpaired) electrons. The van der Waals surface area contributed by atoms with Crippen LogP contribution in [0.2, 0.25) is 0 Å². The van der Waals surface area contributed by atoms with Crippen LogP contribution in [-0.2, 0) is 22.6 Å². The van der Waals surface area contributed by atoms with E-state index in [0.717, 1.165) is 29.5 Å². The van der Waals surface area contributed by atoms with E-state index in [9.17, 15) is 9.59 Å². The van der Waals surface area contributed by atoms with E-state index >= 15 is 0 Å². The van der Waals surface area contributed by atoms with E-state index in [0.29, 0.717) is 18.7 Å². The molecule has 0 aliphatic carbocycles. The summed E-state index contributed by atoms with van der Waals surface area (Å²) in [4.78, 5) is 26.7. The van der Waals surface area contributed by atoms with Crippen LogP contribution in [-0.4, -0.2) is 23.9 Å². The third-order valence-electron chi connectivity index (χ3n) is 5.22. The maximum atomic E-state index is 12.7. The van der Waals surface area contributed by atoms with Crippen LogP contribution in [0.3, 0.4) is 0 Å². The molecule has 0 saturated carbocycles. The maximum absolute atomic E-state index is 12.7. The minimum atomic E-state index is -0.341. The topological polar surface area (TPSA) is 46.6 Å². The van der Waals surface area contributed by atoms with Crippen molar-refractivity contribution in [2.45, 2.75) is 39.8 Å². The summed E-state index contributed by atoms with van der Waals surface area (Å²) in [5.74, 6) is -0.00169. The predicted molar refractivity (Wildman–Crippen MR) is 102 cm³/mol. The van der Waals surface area contributed by atoms with Gasteiger partial charge in [-0.3, -0.25) is 4.79 Å². The van der Waals surface area contributed by atoms with Gasteiger partial charge in [0.1, 0.15) is 0 Å². The Balaban J connectivity index is 1.89. The minimum Gasteiger partial charge on any atom is -0.465 e. The predicted octanol–water partition coefficient (Wildman–Crippen LogP) is 4.42. The van der Waals surface area contributed by atoms with Gasteiger partial charge in [-0.05, 0) is 47.2 Å². The van der Waals surface area contributed by atoms with Crippen LogP contribution in [0.5, 0.6) is 0 Å². The van der Waals surface area contributed by atoms with Crippen molar-refractivity contribution in [2.75, 3.05) is 7.11 Å². The van der Waals surface area contributed by atoms with Gasteiger partial charge in [0, 0.05) is 19.0 Å². The Labute approximate surface area is 154 Å². The number of benzene rings is 2. The first-order valence-electron chi connectivity index (χ1n) is 9.17. The standard InChI is InChI=1S/C22H25NO3/c1-4-15(5-2)21(24)23-13-17-11-10-16(12-18(17)14-23)19-8-6-7-9-20(19)22(25)26-3/h6-12,15H,4-5,13-14H2,1-3H3. The summed E-state index contributed by atoms with van der Waals surface area (Å²) in [6.45, 7) is 5.44. The molecule has 0 bridgehead atoms. The van der Waals surface area contributed by atoms with Gasteiger partial charge in [0.2, 0.25) is 5.91 Å². The number of hydrogen-bond donors (Lipinski definition) is 0. The Bertz CT molecular complexity index is 824. The fraction of sp³-hybridized carbons (Fsp3) is 0.364. The number of carbonyl (C=O) groups is 2. The van der Waals surface area contributed by atoms with Gasteiger partial charge < -0.3 is 9.64 Å². The molecule has 0 fully saturated rings. The lowest BCUT2D eigenvalue weighted by Crippen LogP contribution is -2.31. The minimum absolute atomic E-state index is 0.101. The normalized spacial score (nSPS) is 13.0. The fourth-order valence-corrected chi connectivity index (χ4v) is 3.64. The molecule has 3 rings (SSSR count). The van der Waals surface area contributed by atoms with E-state index in [1.807, 2.05) is 29.2 Å². The highest BCUT2D eigenvalue weighted by Crippen LogP contribution is 2.31. The van der Waals surface area contributed by atoms with Crippen molar-refractivity contribution in [3.05, 3.63) is 59.2 Å². The SMILES string of the molecule is CCC(CC)C(=O)N1Cc2ccc(-c3ccccc3C(=O)OC)cc2C1. The summed E-state index contributed by atoms with van der Waals surface area (Å²) in [5.41, 5.74) is 4.72. The zero-order valence-electron chi connectivity index (χ0n) is 15.6. The van der Waals surface area contributed by atoms with Gasteiger partial charge in [-0.25, -0.2) is 4.79 Å². The molecule has 4 heteroatoms. The lowest BCUT2D eigenvalue weighted by atomic mass is 9.96. The molecular formula is C22H25NO3. The van der Waals surface area contributed by atoms with Gasteiger partial charge in [-0.2, -0.15) is 0 Å². The summed E-state index contributed by atoms with van der Waals surface area (Å²) >= 11 is 0. The third kappa shape index (κ3) is 3.36. The number of fused-ring (bicyclic) bond motifs is 1. The lowest BCUT2D eigenvalue weighted by Gasteiger charge is -2.21. The number of hydrogen-bond acceptors (Lipinski definition) is 3. The number of methoxy groups -OCH3 is 1. The smallest absolute Gasteiger partial charge is 0.338 e. The van der Waals surface area contributed by atoms with Crippen molar-refractivity contribution in [1.82, 2.24) is 4.90 Å². The average molecular weight is 351 g/mol. The first-order valence-corrected chi connectivity index (χ1v) is 9.17. The second kappa shape index (κ2) is 7.73. The van der Waals surface area contributed by atoms with Crippen LogP contribution in [0.4, 0.5) is 0 Å². The Hall–Kier alpha value is -2.62. The van der Waals surface area contributed by atoms with Crippen LogP contribution in [0.25, 0.3) is 11.1 Å². The van der Waals surface area contributed by atoms with Gasteiger partial charge >= 0.3 is 5.97 Å². The molecule has 1 heterocycles. The van der Waals surface area contributed by atoms with Crippen molar-refractivity contribution in [3.8, 4) is 11.1 Å². The monoisotopic (exact) mass is 351 g/mol. The van der Waals surface area contributed by atoms with E-state index in [4.69, 9.17) is 4.74 Å². The van der Waals surface area contributed by atoms with Crippen LogP contribution < -0.4 is 0 Å². The first kappa shape index (κ1) is 18.2. The van der Waals surface area contributed by atoms with Crippen LogP contribution >= 0.6 is 0 Å². The number of esters is 1. The fourth-order valence-electron chi connectivity index (χ4n) is 3.64. The highest BCUT2D eigenvalue weighted by molar-refractivity contribution is 5.97. The van der Waals surface area contributed by atoms with Gasteiger partial charge in [0.05, 0.1) is 12.7 Å². The quantitative estimate of drug-likeness (QED) is 0.749. The van der Waals surface area contributed by atoms with Crippen LogP contribution in [0.15, 0.2) is 42.5 Å². The lowest BCUT2D eigenvalue weighted by molar-refractivity contribution is -0.136. The van der Waals surface area contributed by atoms with E-state index < -0.39 is 0 Å². The van der Waals surface area contributed by atoms with Crippen molar-refractivity contribution >= 4 is 11.9 Å². The van der Waals surface area contributed by atoms with Gasteiger partial charge in [-0.15, -0.1) is 0 Å². The van der Waals surface area contributed by atoms with Crippen molar-refractivity contribution in [2.24, 2.45) is 5.92 Å². The summed E-state index contributed by atoms with van der Waals surface area (Å²) in [5, 5.41) is 0. The molecular weight excluding hydrogens is 326 g/mol. The van der Waals surface area contributed by atoms with E-state index in [1.165, 1.54) is 12.7 Å². The number of amides is 1. The Morgan fingerprint density at radius 1 is 1.04 bits per heavy atom. The largest absolute Gasteiger partial charge is 0.465 e. The van der Waals surface area contributed by atoms with Gasteiger partial charge in [-0.1, -0.05) is 44.2 Å². The molecule has 0 N–H and O–H groups in total. The molecule has 1 amide bonds. The van der Waals surface area contributed by atoms with Gasteiger partial charge in [0.25, 0.3) is 0 Å². The molecule has 26 heavy (non-hydrogen) atoms. The molecule has 2 aromatic carbocycles. The van der Waals surface area contributed by atoms with Crippen LogP contribution in [0.1, 0.15) is 48.2 Å². The molecule has 2 aromatic rings. The maximum Gasteiger partial charge on any atom is 0.338 e. The summed E-state index contributed by atoms with van der Waals surface area (Å²) < 4.78 is 4.90. The molecule has 0 unspecified atom stereocenters. The summed E-state index contributed by atoms with van der Waals surface area (Å²) in [6.07, 6.45) is 1.75. The highest BCUT2D eigenvalue weighted by atomic mass is 16.5. The molecule has 1 aliphatic heterocycles. The zero-order chi connectivity index (χ0) is 18.7. The van der Waals surface area contributed by atoms with E-state index in [2.05, 4.69) is 26.0 Å². The number of nitrogens with zero attached hydrogens (tertiary/aromatic N) is 1. The molecule has 4 nitrogen and oxygen atoms in total. The van der Waals surface area contributed by atoms with Crippen molar-refractivity contribution in [1.29, 1.82) is 0 Å². The highest BCUT2D eigenvalue weighted by Gasteiger charge is 2.27. The summed E-state index contributed by atoms with van der Waals surface area (Å²) in [6, 6.07) is 13.6. The van der Waals surface area contributed by atoms with Gasteiger partial charge in [0.15, 0.2) is 0 Å². The Morgan fingerprint density at radius 3 is 2.42 bits per heavy atom. The Morgan fingerprint density at radius 2 is 1.73 bits per heavy atom. The Kier molecular flexibility index (Phi) is 5.40. The average Bonchev–Trinajstić information content (AvgIpc) is 3.11. The molecule has 0 atom stereocenters. The number of rotatable bonds is 5. The number of carbonyl (C=O) groups excluding carboxylic acids is 2. The number of ether oxygens (including phenoxy) is 1. The molecule has 0 spiro atoms. The van der Waals surface area contributed by atoms with Crippen molar-refractivity contribution < 1.29 is 14.3 Å². The zero-order valence-corrected chi connectivity index (χ0v) is 15.6. The second-order valence-electron chi connectivity index (χ2n) is 6.73. The second-order valence-corrected chi connectivity index (χ2v) is 6.73.